The number of nitrogens with zero attached hydrogens (tertiary/aromatic N) is 1. The van der Waals surface area contributed by atoms with E-state index in [0.29, 0.717) is 12.3 Å². The molecule has 84 valence electrons. The molecule has 0 radical (unpaired) electrons. The predicted molar refractivity (Wildman–Crippen MR) is 62.7 cm³/mol. The van der Waals surface area contributed by atoms with Gasteiger partial charge in [-0.2, -0.15) is 0 Å². The molecule has 0 bridgehead atoms. The van der Waals surface area contributed by atoms with Crippen LogP contribution in [0.3, 0.4) is 0 Å². The SMILES string of the molecule is CCOC(=O)c1cccc2ccc(CC)n12. The Morgan fingerprint density at radius 1 is 1.25 bits per heavy atom. The number of aryl methyl sites for hydroxylation is 1. The molecule has 0 spiro atoms. The van der Waals surface area contributed by atoms with E-state index < -0.39 is 0 Å². The van der Waals surface area contributed by atoms with Gasteiger partial charge in [-0.1, -0.05) is 13.0 Å². The number of esters is 1. The van der Waals surface area contributed by atoms with Crippen molar-refractivity contribution in [3.63, 3.8) is 0 Å². The second-order valence-electron chi connectivity index (χ2n) is 3.57. The number of rotatable bonds is 3. The summed E-state index contributed by atoms with van der Waals surface area (Å²) in [5.74, 6) is -0.265. The first-order valence-electron chi connectivity index (χ1n) is 5.54. The molecular formula is C13H15NO2. The van der Waals surface area contributed by atoms with Crippen molar-refractivity contribution in [1.29, 1.82) is 0 Å². The molecule has 2 aromatic rings. The smallest absolute Gasteiger partial charge is 0.355 e. The Labute approximate surface area is 94.6 Å². The summed E-state index contributed by atoms with van der Waals surface area (Å²) in [4.78, 5) is 11.8. The maximum atomic E-state index is 11.8. The monoisotopic (exact) mass is 217 g/mol. The van der Waals surface area contributed by atoms with Crippen LogP contribution >= 0.6 is 0 Å². The number of pyridine rings is 1. The summed E-state index contributed by atoms with van der Waals surface area (Å²) in [5, 5.41) is 0. The van der Waals surface area contributed by atoms with Crippen LogP contribution in [0, 0.1) is 0 Å². The van der Waals surface area contributed by atoms with Gasteiger partial charge in [0.25, 0.3) is 0 Å². The molecule has 0 saturated carbocycles. The van der Waals surface area contributed by atoms with Gasteiger partial charge in [-0.15, -0.1) is 0 Å². The molecule has 0 aliphatic carbocycles. The van der Waals surface area contributed by atoms with Gasteiger partial charge in [0, 0.05) is 11.2 Å². The largest absolute Gasteiger partial charge is 0.461 e. The van der Waals surface area contributed by atoms with Gasteiger partial charge < -0.3 is 9.14 Å². The fourth-order valence-electron chi connectivity index (χ4n) is 1.87. The molecule has 0 aromatic carbocycles. The van der Waals surface area contributed by atoms with Crippen molar-refractivity contribution < 1.29 is 9.53 Å². The molecule has 2 rings (SSSR count). The van der Waals surface area contributed by atoms with Crippen LogP contribution < -0.4 is 0 Å². The Balaban J connectivity index is 2.59. The Bertz CT molecular complexity index is 514. The summed E-state index contributed by atoms with van der Waals surface area (Å²) in [7, 11) is 0. The molecule has 3 nitrogen and oxygen atoms in total. The van der Waals surface area contributed by atoms with Crippen molar-refractivity contribution >= 4 is 11.5 Å². The van der Waals surface area contributed by atoms with Crippen LogP contribution in [0.4, 0.5) is 0 Å². The number of aromatic nitrogens is 1. The lowest BCUT2D eigenvalue weighted by Gasteiger charge is -2.08. The zero-order chi connectivity index (χ0) is 11.5. The summed E-state index contributed by atoms with van der Waals surface area (Å²) < 4.78 is 7.00. The molecule has 0 N–H and O–H groups in total. The van der Waals surface area contributed by atoms with Gasteiger partial charge in [0.2, 0.25) is 0 Å². The summed E-state index contributed by atoms with van der Waals surface area (Å²) in [6.07, 6.45) is 0.893. The topological polar surface area (TPSA) is 30.7 Å². The normalized spacial score (nSPS) is 10.6. The maximum absolute atomic E-state index is 11.8. The van der Waals surface area contributed by atoms with Gasteiger partial charge in [0.15, 0.2) is 0 Å². The third kappa shape index (κ3) is 1.69. The summed E-state index contributed by atoms with van der Waals surface area (Å²) in [6.45, 7) is 4.29. The number of ether oxygens (including phenoxy) is 1. The van der Waals surface area contributed by atoms with Crippen molar-refractivity contribution in [2.45, 2.75) is 20.3 Å². The molecule has 0 unspecified atom stereocenters. The Hall–Kier alpha value is -1.77. The summed E-state index contributed by atoms with van der Waals surface area (Å²) in [5.41, 5.74) is 2.75. The van der Waals surface area contributed by atoms with E-state index in [-0.39, 0.29) is 5.97 Å². The molecular weight excluding hydrogens is 202 g/mol. The first-order chi connectivity index (χ1) is 7.77. The third-order valence-corrected chi connectivity index (χ3v) is 2.60. The van der Waals surface area contributed by atoms with Crippen LogP contribution in [-0.2, 0) is 11.2 Å². The Kier molecular flexibility index (Phi) is 2.95. The quantitative estimate of drug-likeness (QED) is 0.740. The summed E-state index contributed by atoms with van der Waals surface area (Å²) >= 11 is 0. The fraction of sp³-hybridized carbons (Fsp3) is 0.308. The van der Waals surface area contributed by atoms with Crippen molar-refractivity contribution in [2.75, 3.05) is 6.61 Å². The highest BCUT2D eigenvalue weighted by Crippen LogP contribution is 2.15. The average molecular weight is 217 g/mol. The summed E-state index contributed by atoms with van der Waals surface area (Å²) in [6, 6.07) is 9.71. The van der Waals surface area contributed by atoms with Crippen molar-refractivity contribution in [3.8, 4) is 0 Å². The standard InChI is InChI=1S/C13H15NO2/c1-3-10-8-9-11-6-5-7-12(14(10)11)13(15)16-4-2/h5-9H,3-4H2,1-2H3. The van der Waals surface area contributed by atoms with Crippen molar-refractivity contribution in [1.82, 2.24) is 4.40 Å². The van der Waals surface area contributed by atoms with Gasteiger partial charge >= 0.3 is 5.97 Å². The van der Waals surface area contributed by atoms with Crippen molar-refractivity contribution in [2.24, 2.45) is 0 Å². The molecule has 3 heteroatoms. The molecule has 0 fully saturated rings. The lowest BCUT2D eigenvalue weighted by Crippen LogP contribution is -2.11. The zero-order valence-corrected chi connectivity index (χ0v) is 9.56. The van der Waals surface area contributed by atoms with Crippen LogP contribution in [0.15, 0.2) is 30.3 Å². The molecule has 0 aliphatic rings. The number of carbonyl (C=O) groups excluding carboxylic acids is 1. The molecule has 16 heavy (non-hydrogen) atoms. The van der Waals surface area contributed by atoms with Gasteiger partial charge in [-0.05, 0) is 37.6 Å². The lowest BCUT2D eigenvalue weighted by molar-refractivity contribution is 0.0517. The van der Waals surface area contributed by atoms with E-state index in [2.05, 4.69) is 6.92 Å². The molecule has 2 heterocycles. The third-order valence-electron chi connectivity index (χ3n) is 2.60. The first-order valence-corrected chi connectivity index (χ1v) is 5.54. The molecule has 0 atom stereocenters. The lowest BCUT2D eigenvalue weighted by atomic mass is 10.3. The first kappa shape index (κ1) is 10.7. The van der Waals surface area contributed by atoms with E-state index in [9.17, 15) is 4.79 Å². The number of carbonyl (C=O) groups is 1. The van der Waals surface area contributed by atoms with E-state index in [1.165, 1.54) is 0 Å². The Morgan fingerprint density at radius 2 is 2.06 bits per heavy atom. The molecule has 0 saturated heterocycles. The Morgan fingerprint density at radius 3 is 2.75 bits per heavy atom. The fourth-order valence-corrected chi connectivity index (χ4v) is 1.87. The maximum Gasteiger partial charge on any atom is 0.355 e. The van der Waals surface area contributed by atoms with Crippen LogP contribution in [0.2, 0.25) is 0 Å². The van der Waals surface area contributed by atoms with Gasteiger partial charge in [-0.3, -0.25) is 0 Å². The van der Waals surface area contributed by atoms with Crippen LogP contribution in [-0.4, -0.2) is 17.0 Å². The van der Waals surface area contributed by atoms with E-state index in [4.69, 9.17) is 4.74 Å². The van der Waals surface area contributed by atoms with Gasteiger partial charge in [-0.25, -0.2) is 4.79 Å². The van der Waals surface area contributed by atoms with E-state index in [1.807, 2.05) is 35.6 Å². The van der Waals surface area contributed by atoms with Crippen LogP contribution in [0.5, 0.6) is 0 Å². The zero-order valence-electron chi connectivity index (χ0n) is 9.56. The van der Waals surface area contributed by atoms with Gasteiger partial charge in [0.05, 0.1) is 6.61 Å². The molecule has 0 aliphatic heterocycles. The van der Waals surface area contributed by atoms with Crippen molar-refractivity contribution in [3.05, 3.63) is 41.7 Å². The number of fused-ring (bicyclic) bond motifs is 1. The number of hydrogen-bond donors (Lipinski definition) is 0. The van der Waals surface area contributed by atoms with E-state index >= 15 is 0 Å². The highest BCUT2D eigenvalue weighted by molar-refractivity contribution is 5.88. The second-order valence-corrected chi connectivity index (χ2v) is 3.57. The average Bonchev–Trinajstić information content (AvgIpc) is 2.72. The second kappa shape index (κ2) is 4.39. The minimum atomic E-state index is -0.265. The number of hydrogen-bond acceptors (Lipinski definition) is 2. The highest BCUT2D eigenvalue weighted by atomic mass is 16.5. The highest BCUT2D eigenvalue weighted by Gasteiger charge is 2.12. The molecule has 2 aromatic heterocycles. The molecule has 0 amide bonds. The minimum Gasteiger partial charge on any atom is -0.461 e. The van der Waals surface area contributed by atoms with E-state index in [0.717, 1.165) is 17.6 Å². The van der Waals surface area contributed by atoms with Crippen LogP contribution in [0.1, 0.15) is 30.0 Å². The predicted octanol–water partition coefficient (Wildman–Crippen LogP) is 2.68. The van der Waals surface area contributed by atoms with E-state index in [1.54, 1.807) is 6.07 Å². The minimum absolute atomic E-state index is 0.265. The van der Waals surface area contributed by atoms with Crippen LogP contribution in [0.25, 0.3) is 5.52 Å². The van der Waals surface area contributed by atoms with Gasteiger partial charge in [0.1, 0.15) is 5.69 Å².